The molecule has 0 bridgehead atoms. The van der Waals surface area contributed by atoms with E-state index in [0.29, 0.717) is 0 Å². The zero-order valence-electron chi connectivity index (χ0n) is 46.1. The maximum absolute atomic E-state index is 7.23. The topological polar surface area (TPSA) is 28.4 Å². The second-order valence-electron chi connectivity index (χ2n) is 27.6. The van der Waals surface area contributed by atoms with Crippen LogP contribution in [0.2, 0.25) is 0 Å². The molecule has 0 unspecified atom stereocenters. The van der Waals surface area contributed by atoms with Gasteiger partial charge >= 0.3 is 0 Å². The molecule has 0 atom stereocenters. The minimum absolute atomic E-state index is 0.0339. The van der Waals surface area contributed by atoms with Gasteiger partial charge in [0.05, 0.1) is 5.69 Å². The van der Waals surface area contributed by atoms with Gasteiger partial charge in [-0.3, -0.25) is 0 Å². The number of benzene rings is 7. The minimum Gasteiger partial charge on any atom is -0.455 e. The molecule has 7 aromatic carbocycles. The first-order chi connectivity index (χ1) is 34.4. The predicted octanol–water partition coefficient (Wildman–Crippen LogP) is 17.8. The van der Waals surface area contributed by atoms with Gasteiger partial charge in [0.2, 0.25) is 0 Å². The Hall–Kier alpha value is -6.00. The van der Waals surface area contributed by atoms with Crippen molar-refractivity contribution >= 4 is 68.6 Å². The first-order valence-electron chi connectivity index (χ1n) is 27.6. The third kappa shape index (κ3) is 6.76. The minimum atomic E-state index is -0.292. The van der Waals surface area contributed by atoms with E-state index in [2.05, 4.69) is 230 Å². The van der Waals surface area contributed by atoms with Crippen molar-refractivity contribution in [3.8, 4) is 22.3 Å². The molecular formula is C69H74BN2O. The average Bonchev–Trinajstić information content (AvgIpc) is 3.83. The SMILES string of the molecule is CC1(C)CCC(C)(C)c2cc(Nc3ccc4c(oc5ccccc54)c3-c3cc4c(c5c3[B]c3cc6c(cc3N5c3ccc5c(c3)C(C)(C)CCC5(C)C)C(C)(C)CCC6(C)C)C(C)(C)c3ccccc3-4)ccc21. The summed E-state index contributed by atoms with van der Waals surface area (Å²) in [6, 6.07) is 44.9. The van der Waals surface area contributed by atoms with Crippen molar-refractivity contribution in [2.45, 2.75) is 173 Å². The fraction of sp³-hybridized carbons (Fsp3) is 0.391. The lowest BCUT2D eigenvalue weighted by atomic mass is 9.54. The fourth-order valence-corrected chi connectivity index (χ4v) is 14.7. The van der Waals surface area contributed by atoms with Crippen molar-refractivity contribution in [2.75, 3.05) is 10.2 Å². The van der Waals surface area contributed by atoms with E-state index in [0.717, 1.165) is 64.6 Å². The van der Waals surface area contributed by atoms with Crippen LogP contribution in [0.15, 0.2) is 120 Å². The molecular weight excluding hydrogens is 884 g/mol. The molecule has 3 nitrogen and oxygen atoms in total. The smallest absolute Gasteiger partial charge is 0.197 e. The molecule has 0 fully saturated rings. The third-order valence-corrected chi connectivity index (χ3v) is 19.7. The van der Waals surface area contributed by atoms with E-state index in [-0.39, 0.29) is 37.9 Å². The number of nitrogens with zero attached hydrogens (tertiary/aromatic N) is 1. The van der Waals surface area contributed by atoms with E-state index in [9.17, 15) is 0 Å². The standard InChI is InChI=1S/C69H74BN2O/c1-63(2)29-31-65(5,6)50-35-40(23-26-48(50)63)71-55-28-25-44-43-20-16-18-22-57(43)73-62(44)58(55)46-37-45-42-19-15-17-21-47(42)69(13,14)59(45)61-60(46)70-54-38-52-53(68(11,12)34-33-67(52,9)10)39-56(54)72(61)41-24-27-49-51(36-41)66(7,8)32-30-64(49,3)4/h15-28,35-39,71H,29-34H2,1-14H3. The number of rotatable bonds is 4. The molecule has 1 radical (unpaired) electrons. The molecule has 5 aliphatic rings. The molecule has 0 amide bonds. The van der Waals surface area contributed by atoms with Crippen LogP contribution in [-0.2, 0) is 37.9 Å². The summed E-state index contributed by atoms with van der Waals surface area (Å²) in [5, 5.41) is 6.38. The van der Waals surface area contributed by atoms with Crippen LogP contribution in [0.25, 0.3) is 44.2 Å². The molecule has 0 saturated carbocycles. The van der Waals surface area contributed by atoms with Crippen molar-refractivity contribution in [3.05, 3.63) is 160 Å². The third-order valence-electron chi connectivity index (χ3n) is 19.7. The Bertz CT molecular complexity index is 3680. The summed E-state index contributed by atoms with van der Waals surface area (Å²) in [7, 11) is 2.58. The van der Waals surface area contributed by atoms with Crippen LogP contribution in [0.3, 0.4) is 0 Å². The van der Waals surface area contributed by atoms with Gasteiger partial charge < -0.3 is 14.6 Å². The number of hydrogen-bond donors (Lipinski definition) is 1. The molecule has 2 heterocycles. The maximum Gasteiger partial charge on any atom is 0.197 e. The molecule has 1 N–H and O–H groups in total. The molecule has 1 aromatic heterocycles. The predicted molar refractivity (Wildman–Crippen MR) is 312 cm³/mol. The lowest BCUT2D eigenvalue weighted by molar-refractivity contribution is 0.332. The summed E-state index contributed by atoms with van der Waals surface area (Å²) in [4.78, 5) is 2.73. The lowest BCUT2D eigenvalue weighted by Gasteiger charge is -2.46. The van der Waals surface area contributed by atoms with Crippen LogP contribution in [-0.4, -0.2) is 7.28 Å². The highest BCUT2D eigenvalue weighted by atomic mass is 16.3. The molecule has 369 valence electrons. The number of anilines is 5. The van der Waals surface area contributed by atoms with Crippen LogP contribution in [0, 0.1) is 0 Å². The molecule has 0 saturated heterocycles. The number of nitrogens with one attached hydrogen (secondary N) is 1. The monoisotopic (exact) mass is 958 g/mol. The Labute approximate surface area is 436 Å². The highest BCUT2D eigenvalue weighted by Gasteiger charge is 2.46. The summed E-state index contributed by atoms with van der Waals surface area (Å²) >= 11 is 0. The van der Waals surface area contributed by atoms with E-state index >= 15 is 0 Å². The van der Waals surface area contributed by atoms with E-state index in [4.69, 9.17) is 4.42 Å². The van der Waals surface area contributed by atoms with Crippen molar-refractivity contribution in [1.82, 2.24) is 0 Å². The van der Waals surface area contributed by atoms with Gasteiger partial charge in [-0.25, -0.2) is 0 Å². The van der Waals surface area contributed by atoms with Gasteiger partial charge in [-0.05, 0) is 192 Å². The van der Waals surface area contributed by atoms with E-state index in [1.54, 1.807) is 0 Å². The summed E-state index contributed by atoms with van der Waals surface area (Å²) in [5.74, 6) is 0. The number of fused-ring (bicyclic) bond motifs is 12. The average molecular weight is 958 g/mol. The Kier molecular flexibility index (Phi) is 9.66. The Morgan fingerprint density at radius 1 is 0.466 bits per heavy atom. The van der Waals surface area contributed by atoms with Gasteiger partial charge in [-0.2, -0.15) is 0 Å². The van der Waals surface area contributed by atoms with Crippen molar-refractivity contribution in [3.63, 3.8) is 0 Å². The van der Waals surface area contributed by atoms with Crippen LogP contribution in [0.5, 0.6) is 0 Å². The van der Waals surface area contributed by atoms with E-state index in [1.165, 1.54) is 102 Å². The second kappa shape index (κ2) is 15.1. The summed E-state index contributed by atoms with van der Waals surface area (Å²) in [5.41, 5.74) is 26.9. The van der Waals surface area contributed by atoms with Gasteiger partial charge in [0, 0.05) is 44.5 Å². The molecule has 4 aliphatic carbocycles. The highest BCUT2D eigenvalue weighted by molar-refractivity contribution is 6.73. The van der Waals surface area contributed by atoms with Crippen molar-refractivity contribution in [1.29, 1.82) is 0 Å². The molecule has 13 rings (SSSR count). The van der Waals surface area contributed by atoms with Crippen molar-refractivity contribution < 1.29 is 4.42 Å². The summed E-state index contributed by atoms with van der Waals surface area (Å²) < 4.78 is 7.23. The first kappa shape index (κ1) is 46.8. The van der Waals surface area contributed by atoms with Crippen LogP contribution < -0.4 is 21.1 Å². The quantitative estimate of drug-likeness (QED) is 0.178. The summed E-state index contributed by atoms with van der Waals surface area (Å²) in [6.45, 7) is 34.4. The second-order valence-corrected chi connectivity index (χ2v) is 27.6. The van der Waals surface area contributed by atoms with Gasteiger partial charge in [0.15, 0.2) is 7.28 Å². The first-order valence-corrected chi connectivity index (χ1v) is 27.6. The Morgan fingerprint density at radius 3 is 1.70 bits per heavy atom. The van der Waals surface area contributed by atoms with E-state index < -0.39 is 0 Å². The molecule has 8 aromatic rings. The van der Waals surface area contributed by atoms with Gasteiger partial charge in [-0.1, -0.05) is 163 Å². The van der Waals surface area contributed by atoms with Crippen LogP contribution in [0.1, 0.15) is 180 Å². The zero-order chi connectivity index (χ0) is 51.2. The number of furan rings is 1. The van der Waals surface area contributed by atoms with Gasteiger partial charge in [-0.15, -0.1) is 0 Å². The Morgan fingerprint density at radius 2 is 1.03 bits per heavy atom. The Balaban J connectivity index is 1.15. The van der Waals surface area contributed by atoms with Gasteiger partial charge in [0.1, 0.15) is 11.2 Å². The maximum atomic E-state index is 7.23. The highest BCUT2D eigenvalue weighted by Crippen LogP contribution is 2.59. The normalized spacial score (nSPS) is 20.4. The molecule has 0 spiro atoms. The molecule has 1 aliphatic heterocycles. The zero-order valence-corrected chi connectivity index (χ0v) is 46.1. The lowest BCUT2D eigenvalue weighted by Crippen LogP contribution is -2.45. The number of para-hydroxylation sites is 1. The largest absolute Gasteiger partial charge is 0.455 e. The van der Waals surface area contributed by atoms with Crippen molar-refractivity contribution in [2.24, 2.45) is 0 Å². The van der Waals surface area contributed by atoms with E-state index in [1.807, 2.05) is 0 Å². The fourth-order valence-electron chi connectivity index (χ4n) is 14.7. The summed E-state index contributed by atoms with van der Waals surface area (Å²) in [6.07, 6.45) is 7.01. The van der Waals surface area contributed by atoms with Crippen LogP contribution in [0.4, 0.5) is 28.4 Å². The van der Waals surface area contributed by atoms with Crippen LogP contribution >= 0.6 is 0 Å². The van der Waals surface area contributed by atoms with Gasteiger partial charge in [0.25, 0.3) is 0 Å². The molecule has 4 heteroatoms. The number of hydrogen-bond acceptors (Lipinski definition) is 3. The molecule has 73 heavy (non-hydrogen) atoms.